The summed E-state index contributed by atoms with van der Waals surface area (Å²) in [6.45, 7) is 1.35. The lowest BCUT2D eigenvalue weighted by Gasteiger charge is -2.20. The zero-order valence-corrected chi connectivity index (χ0v) is 14.2. The molecule has 0 aliphatic carbocycles. The lowest BCUT2D eigenvalue weighted by atomic mass is 10.1. The van der Waals surface area contributed by atoms with Crippen molar-refractivity contribution in [2.45, 2.75) is 31.4 Å². The minimum absolute atomic E-state index is 0.203. The van der Waals surface area contributed by atoms with Crippen LogP contribution in [0.1, 0.15) is 27.6 Å². The number of alkyl halides is 1. The molecule has 0 saturated carbocycles. The first-order valence-corrected chi connectivity index (χ1v) is 8.34. The van der Waals surface area contributed by atoms with Crippen LogP contribution in [0.4, 0.5) is 4.39 Å². The van der Waals surface area contributed by atoms with Crippen LogP contribution in [-0.4, -0.2) is 43.0 Å². The molecule has 1 heterocycles. The molecular formula is C20H19FO5. The third-order valence-corrected chi connectivity index (χ3v) is 4.16. The van der Waals surface area contributed by atoms with Crippen molar-refractivity contribution in [3.8, 4) is 0 Å². The van der Waals surface area contributed by atoms with Crippen molar-refractivity contribution in [3.05, 3.63) is 71.8 Å². The molecule has 0 spiro atoms. The third-order valence-electron chi connectivity index (χ3n) is 4.16. The molecule has 4 atom stereocenters. The molecule has 0 N–H and O–H groups in total. The summed E-state index contributed by atoms with van der Waals surface area (Å²) in [4.78, 5) is 24.2. The summed E-state index contributed by atoms with van der Waals surface area (Å²) >= 11 is 0. The average molecular weight is 358 g/mol. The lowest BCUT2D eigenvalue weighted by Crippen LogP contribution is -2.37. The normalized spacial score (nSPS) is 24.8. The molecular weight excluding hydrogens is 339 g/mol. The molecule has 2 aromatic carbocycles. The summed E-state index contributed by atoms with van der Waals surface area (Å²) in [7, 11) is 0. The fraction of sp³-hybridized carbons (Fsp3) is 0.300. The Kier molecular flexibility index (Phi) is 5.63. The van der Waals surface area contributed by atoms with Crippen molar-refractivity contribution in [1.29, 1.82) is 0 Å². The van der Waals surface area contributed by atoms with Gasteiger partial charge in [0.2, 0.25) is 0 Å². The second-order valence-corrected chi connectivity index (χ2v) is 6.02. The molecule has 5 nitrogen and oxygen atoms in total. The Morgan fingerprint density at radius 2 is 1.50 bits per heavy atom. The first-order chi connectivity index (χ1) is 12.6. The van der Waals surface area contributed by atoms with Gasteiger partial charge in [0.05, 0.1) is 17.2 Å². The van der Waals surface area contributed by atoms with Gasteiger partial charge in [-0.3, -0.25) is 0 Å². The zero-order chi connectivity index (χ0) is 18.5. The molecule has 0 bridgehead atoms. The highest BCUT2D eigenvalue weighted by Crippen LogP contribution is 2.27. The second kappa shape index (κ2) is 8.10. The monoisotopic (exact) mass is 358 g/mol. The maximum absolute atomic E-state index is 14.4. The summed E-state index contributed by atoms with van der Waals surface area (Å²) < 4.78 is 30.4. The highest BCUT2D eigenvalue weighted by Gasteiger charge is 2.46. The summed E-state index contributed by atoms with van der Waals surface area (Å²) in [6.07, 6.45) is -4.26. The van der Waals surface area contributed by atoms with Crippen molar-refractivity contribution in [2.75, 3.05) is 6.61 Å². The molecule has 1 fully saturated rings. The molecule has 136 valence electrons. The van der Waals surface area contributed by atoms with Gasteiger partial charge in [0.15, 0.2) is 12.3 Å². The zero-order valence-electron chi connectivity index (χ0n) is 14.2. The molecule has 0 amide bonds. The standard InChI is InChI=1S/C20H19FO5/c1-13-17(21)18(26-20(23)15-10-6-3-7-11-15)16(25-13)12-24-19(22)14-8-4-2-5-9-14/h2-11,13,16-18H,12H2,1H3/t13?,16-,17+,18+/m0/s1. The van der Waals surface area contributed by atoms with Crippen molar-refractivity contribution in [1.82, 2.24) is 0 Å². The van der Waals surface area contributed by atoms with E-state index >= 15 is 0 Å². The van der Waals surface area contributed by atoms with Crippen molar-refractivity contribution in [2.24, 2.45) is 0 Å². The number of esters is 2. The number of hydrogen-bond donors (Lipinski definition) is 0. The van der Waals surface area contributed by atoms with Crippen LogP contribution in [0.25, 0.3) is 0 Å². The Bertz CT molecular complexity index is 749. The van der Waals surface area contributed by atoms with Gasteiger partial charge in [0, 0.05) is 0 Å². The largest absolute Gasteiger partial charge is 0.459 e. The highest BCUT2D eigenvalue weighted by atomic mass is 19.1. The first-order valence-electron chi connectivity index (χ1n) is 8.34. The van der Waals surface area contributed by atoms with Crippen LogP contribution >= 0.6 is 0 Å². The number of ether oxygens (including phenoxy) is 3. The predicted octanol–water partition coefficient (Wildman–Crippen LogP) is 3.19. The van der Waals surface area contributed by atoms with Crippen LogP contribution < -0.4 is 0 Å². The number of rotatable bonds is 5. The second-order valence-electron chi connectivity index (χ2n) is 6.02. The Hall–Kier alpha value is -2.73. The van der Waals surface area contributed by atoms with Gasteiger partial charge in [-0.1, -0.05) is 36.4 Å². The van der Waals surface area contributed by atoms with E-state index in [-0.39, 0.29) is 6.61 Å². The van der Waals surface area contributed by atoms with Crippen LogP contribution in [0.3, 0.4) is 0 Å². The fourth-order valence-electron chi connectivity index (χ4n) is 2.76. The average Bonchev–Trinajstić information content (AvgIpc) is 2.95. The van der Waals surface area contributed by atoms with E-state index in [0.29, 0.717) is 11.1 Å². The molecule has 1 unspecified atom stereocenters. The van der Waals surface area contributed by atoms with Crippen LogP contribution in [0, 0.1) is 0 Å². The number of hydrogen-bond acceptors (Lipinski definition) is 5. The minimum Gasteiger partial charge on any atom is -0.459 e. The molecule has 26 heavy (non-hydrogen) atoms. The molecule has 2 aromatic rings. The van der Waals surface area contributed by atoms with Gasteiger partial charge in [0.25, 0.3) is 0 Å². The van der Waals surface area contributed by atoms with E-state index < -0.39 is 36.4 Å². The van der Waals surface area contributed by atoms with E-state index in [9.17, 15) is 14.0 Å². The van der Waals surface area contributed by atoms with Crippen LogP contribution in [-0.2, 0) is 14.2 Å². The van der Waals surface area contributed by atoms with Gasteiger partial charge in [0.1, 0.15) is 12.7 Å². The van der Waals surface area contributed by atoms with Crippen LogP contribution in [0.5, 0.6) is 0 Å². The van der Waals surface area contributed by atoms with E-state index in [1.807, 2.05) is 0 Å². The maximum Gasteiger partial charge on any atom is 0.338 e. The maximum atomic E-state index is 14.4. The van der Waals surface area contributed by atoms with E-state index in [4.69, 9.17) is 14.2 Å². The van der Waals surface area contributed by atoms with Gasteiger partial charge in [-0.25, -0.2) is 14.0 Å². The Balaban J connectivity index is 1.63. The van der Waals surface area contributed by atoms with E-state index in [0.717, 1.165) is 0 Å². The lowest BCUT2D eigenvalue weighted by molar-refractivity contribution is -0.0403. The van der Waals surface area contributed by atoms with Crippen LogP contribution in [0.15, 0.2) is 60.7 Å². The third kappa shape index (κ3) is 4.08. The summed E-state index contributed by atoms with van der Waals surface area (Å²) in [6, 6.07) is 16.8. The molecule has 0 aromatic heterocycles. The number of carbonyl (C=O) groups excluding carboxylic acids is 2. The Labute approximate surface area is 150 Å². The predicted molar refractivity (Wildman–Crippen MR) is 91.6 cm³/mol. The SMILES string of the molecule is CC1O[C@@H](COC(=O)c2ccccc2)[C@@H](OC(=O)c2ccccc2)[C@@H]1F. The molecule has 1 saturated heterocycles. The van der Waals surface area contributed by atoms with Gasteiger partial charge in [-0.15, -0.1) is 0 Å². The summed E-state index contributed by atoms with van der Waals surface area (Å²) in [5.41, 5.74) is 0.701. The molecule has 6 heteroatoms. The van der Waals surface area contributed by atoms with E-state index in [2.05, 4.69) is 0 Å². The van der Waals surface area contributed by atoms with Crippen molar-refractivity contribution >= 4 is 11.9 Å². The first kappa shape index (κ1) is 18.1. The van der Waals surface area contributed by atoms with Crippen LogP contribution in [0.2, 0.25) is 0 Å². The van der Waals surface area contributed by atoms with Crippen molar-refractivity contribution < 1.29 is 28.2 Å². The fourth-order valence-corrected chi connectivity index (χ4v) is 2.76. The molecule has 1 aliphatic heterocycles. The topological polar surface area (TPSA) is 61.8 Å². The van der Waals surface area contributed by atoms with E-state index in [1.54, 1.807) is 67.6 Å². The Morgan fingerprint density at radius 1 is 0.962 bits per heavy atom. The molecule has 1 aliphatic rings. The quantitative estimate of drug-likeness (QED) is 0.768. The Morgan fingerprint density at radius 3 is 2.08 bits per heavy atom. The summed E-state index contributed by atoms with van der Waals surface area (Å²) in [5.74, 6) is -1.19. The van der Waals surface area contributed by atoms with E-state index in [1.165, 1.54) is 0 Å². The van der Waals surface area contributed by atoms with Gasteiger partial charge in [-0.05, 0) is 31.2 Å². The number of carbonyl (C=O) groups is 2. The number of benzene rings is 2. The number of halogens is 1. The smallest absolute Gasteiger partial charge is 0.338 e. The highest BCUT2D eigenvalue weighted by molar-refractivity contribution is 5.90. The van der Waals surface area contributed by atoms with Gasteiger partial charge >= 0.3 is 11.9 Å². The van der Waals surface area contributed by atoms with Crippen molar-refractivity contribution in [3.63, 3.8) is 0 Å². The van der Waals surface area contributed by atoms with Gasteiger partial charge < -0.3 is 14.2 Å². The minimum atomic E-state index is -1.50. The summed E-state index contributed by atoms with van der Waals surface area (Å²) in [5, 5.41) is 0. The molecule has 3 rings (SSSR count). The van der Waals surface area contributed by atoms with Gasteiger partial charge in [-0.2, -0.15) is 0 Å². The molecule has 0 radical (unpaired) electrons.